The monoisotopic (exact) mass is 238 g/mol. The van der Waals surface area contributed by atoms with Crippen LogP contribution in [0.2, 0.25) is 0 Å². The second-order valence-corrected chi connectivity index (χ2v) is 4.91. The van der Waals surface area contributed by atoms with Crippen LogP contribution in [0.25, 0.3) is 0 Å². The van der Waals surface area contributed by atoms with Gasteiger partial charge < -0.3 is 5.32 Å². The SMILES string of the molecule is CNC(C)(C#N)CCSc1ccc(F)cc1. The minimum absolute atomic E-state index is 0.221. The molecule has 86 valence electrons. The van der Waals surface area contributed by atoms with Crippen molar-refractivity contribution in [3.63, 3.8) is 0 Å². The number of halogens is 1. The number of nitrogens with zero attached hydrogens (tertiary/aromatic N) is 1. The summed E-state index contributed by atoms with van der Waals surface area (Å²) in [6, 6.07) is 8.64. The summed E-state index contributed by atoms with van der Waals surface area (Å²) in [5.41, 5.74) is -0.479. The first-order chi connectivity index (χ1) is 7.59. The van der Waals surface area contributed by atoms with E-state index in [0.29, 0.717) is 0 Å². The van der Waals surface area contributed by atoms with Crippen LogP contribution in [0, 0.1) is 17.1 Å². The Morgan fingerprint density at radius 3 is 2.56 bits per heavy atom. The van der Waals surface area contributed by atoms with Crippen LogP contribution < -0.4 is 5.32 Å². The molecule has 1 atom stereocenters. The third kappa shape index (κ3) is 3.84. The van der Waals surface area contributed by atoms with Gasteiger partial charge in [-0.3, -0.25) is 0 Å². The fourth-order valence-corrected chi connectivity index (χ4v) is 2.22. The van der Waals surface area contributed by atoms with Gasteiger partial charge in [0.1, 0.15) is 11.4 Å². The molecule has 1 rings (SSSR count). The van der Waals surface area contributed by atoms with Crippen LogP contribution in [0.4, 0.5) is 4.39 Å². The highest BCUT2D eigenvalue weighted by Gasteiger charge is 2.20. The van der Waals surface area contributed by atoms with Gasteiger partial charge in [-0.05, 0) is 44.7 Å². The summed E-state index contributed by atoms with van der Waals surface area (Å²) in [4.78, 5) is 1.03. The van der Waals surface area contributed by atoms with Crippen molar-refractivity contribution in [2.45, 2.75) is 23.8 Å². The quantitative estimate of drug-likeness (QED) is 0.801. The van der Waals surface area contributed by atoms with E-state index in [1.54, 1.807) is 30.9 Å². The fraction of sp³-hybridized carbons (Fsp3) is 0.417. The number of benzene rings is 1. The van der Waals surface area contributed by atoms with Gasteiger partial charge in [0.2, 0.25) is 0 Å². The van der Waals surface area contributed by atoms with Gasteiger partial charge in [-0.15, -0.1) is 11.8 Å². The van der Waals surface area contributed by atoms with E-state index in [4.69, 9.17) is 5.26 Å². The Morgan fingerprint density at radius 2 is 2.06 bits per heavy atom. The van der Waals surface area contributed by atoms with Crippen molar-refractivity contribution in [1.82, 2.24) is 5.32 Å². The number of nitriles is 1. The largest absolute Gasteiger partial charge is 0.303 e. The molecule has 0 spiro atoms. The smallest absolute Gasteiger partial charge is 0.123 e. The number of rotatable bonds is 5. The molecule has 1 aromatic carbocycles. The van der Waals surface area contributed by atoms with E-state index < -0.39 is 5.54 Å². The highest BCUT2D eigenvalue weighted by atomic mass is 32.2. The molecule has 0 heterocycles. The summed E-state index contributed by atoms with van der Waals surface area (Å²) in [6.45, 7) is 1.87. The standard InChI is InChI=1S/C12H15FN2S/c1-12(9-14,15-2)7-8-16-11-5-3-10(13)4-6-11/h3-6,15H,7-8H2,1-2H3. The molecule has 0 saturated heterocycles. The number of hydrogen-bond acceptors (Lipinski definition) is 3. The van der Waals surface area contributed by atoms with Crippen LogP contribution in [0.3, 0.4) is 0 Å². The molecule has 4 heteroatoms. The average Bonchev–Trinajstić information content (AvgIpc) is 2.31. The first-order valence-electron chi connectivity index (χ1n) is 5.08. The highest BCUT2D eigenvalue weighted by molar-refractivity contribution is 7.99. The zero-order chi connectivity index (χ0) is 12.0. The van der Waals surface area contributed by atoms with Crippen molar-refractivity contribution in [1.29, 1.82) is 5.26 Å². The Labute approximate surface area is 99.9 Å². The van der Waals surface area contributed by atoms with E-state index in [1.165, 1.54) is 12.1 Å². The van der Waals surface area contributed by atoms with Crippen LogP contribution >= 0.6 is 11.8 Å². The number of thioether (sulfide) groups is 1. The molecule has 0 radical (unpaired) electrons. The number of hydrogen-bond donors (Lipinski definition) is 1. The van der Waals surface area contributed by atoms with E-state index in [0.717, 1.165) is 17.1 Å². The maximum Gasteiger partial charge on any atom is 0.123 e. The van der Waals surface area contributed by atoms with Gasteiger partial charge in [-0.2, -0.15) is 5.26 Å². The lowest BCUT2D eigenvalue weighted by molar-refractivity contribution is 0.479. The van der Waals surface area contributed by atoms with E-state index in [2.05, 4.69) is 11.4 Å². The Bertz CT molecular complexity index is 372. The number of nitrogens with one attached hydrogen (secondary N) is 1. The van der Waals surface area contributed by atoms with Crippen LogP contribution in [-0.2, 0) is 0 Å². The molecule has 0 amide bonds. The van der Waals surface area contributed by atoms with Crippen LogP contribution in [0.1, 0.15) is 13.3 Å². The summed E-state index contributed by atoms with van der Waals surface area (Å²) in [6.07, 6.45) is 0.752. The lowest BCUT2D eigenvalue weighted by Gasteiger charge is -2.19. The second kappa shape index (κ2) is 5.88. The minimum Gasteiger partial charge on any atom is -0.303 e. The van der Waals surface area contributed by atoms with Gasteiger partial charge in [0, 0.05) is 10.6 Å². The van der Waals surface area contributed by atoms with Crippen molar-refractivity contribution in [2.75, 3.05) is 12.8 Å². The van der Waals surface area contributed by atoms with Gasteiger partial charge in [0.15, 0.2) is 0 Å². The molecule has 2 nitrogen and oxygen atoms in total. The topological polar surface area (TPSA) is 35.8 Å². The van der Waals surface area contributed by atoms with Crippen LogP contribution in [0.5, 0.6) is 0 Å². The maximum atomic E-state index is 12.6. The summed E-state index contributed by atoms with van der Waals surface area (Å²) in [5.74, 6) is 0.609. The summed E-state index contributed by atoms with van der Waals surface area (Å²) < 4.78 is 12.6. The molecule has 0 aromatic heterocycles. The molecule has 16 heavy (non-hydrogen) atoms. The predicted octanol–water partition coefficient (Wildman–Crippen LogP) is 2.81. The normalized spacial score (nSPS) is 14.1. The molecule has 0 aliphatic rings. The summed E-state index contributed by atoms with van der Waals surface area (Å²) in [7, 11) is 1.78. The predicted molar refractivity (Wildman–Crippen MR) is 64.8 cm³/mol. The summed E-state index contributed by atoms with van der Waals surface area (Å²) in [5, 5.41) is 11.9. The molecule has 1 aromatic rings. The Morgan fingerprint density at radius 1 is 1.44 bits per heavy atom. The van der Waals surface area contributed by atoms with E-state index >= 15 is 0 Å². The van der Waals surface area contributed by atoms with Crippen molar-refractivity contribution in [3.8, 4) is 6.07 Å². The Kier molecular flexibility index (Phi) is 4.78. The van der Waals surface area contributed by atoms with Crippen molar-refractivity contribution in [3.05, 3.63) is 30.1 Å². The lowest BCUT2D eigenvalue weighted by atomic mass is 10.0. The molecule has 1 N–H and O–H groups in total. The molecule has 0 aliphatic carbocycles. The van der Waals surface area contributed by atoms with Crippen molar-refractivity contribution < 1.29 is 4.39 Å². The fourth-order valence-electron chi connectivity index (χ4n) is 1.14. The highest BCUT2D eigenvalue weighted by Crippen LogP contribution is 2.21. The molecule has 0 fully saturated rings. The van der Waals surface area contributed by atoms with Crippen LogP contribution in [-0.4, -0.2) is 18.3 Å². The first-order valence-corrected chi connectivity index (χ1v) is 6.07. The average molecular weight is 238 g/mol. The van der Waals surface area contributed by atoms with Crippen molar-refractivity contribution in [2.24, 2.45) is 0 Å². The zero-order valence-electron chi connectivity index (χ0n) is 9.46. The molecule has 1 unspecified atom stereocenters. The van der Waals surface area contributed by atoms with E-state index in [-0.39, 0.29) is 5.82 Å². The molecule has 0 bridgehead atoms. The lowest BCUT2D eigenvalue weighted by Crippen LogP contribution is -2.38. The maximum absolute atomic E-state index is 12.6. The van der Waals surface area contributed by atoms with E-state index in [9.17, 15) is 4.39 Å². The van der Waals surface area contributed by atoms with Gasteiger partial charge in [0.05, 0.1) is 6.07 Å². The second-order valence-electron chi connectivity index (χ2n) is 3.75. The zero-order valence-corrected chi connectivity index (χ0v) is 10.3. The van der Waals surface area contributed by atoms with E-state index in [1.807, 2.05) is 6.92 Å². The third-order valence-corrected chi connectivity index (χ3v) is 3.50. The van der Waals surface area contributed by atoms with Gasteiger partial charge in [0.25, 0.3) is 0 Å². The van der Waals surface area contributed by atoms with Crippen molar-refractivity contribution >= 4 is 11.8 Å². The van der Waals surface area contributed by atoms with Crippen LogP contribution in [0.15, 0.2) is 29.2 Å². The molecular weight excluding hydrogens is 223 g/mol. The van der Waals surface area contributed by atoms with Gasteiger partial charge >= 0.3 is 0 Å². The van der Waals surface area contributed by atoms with Gasteiger partial charge in [-0.1, -0.05) is 0 Å². The van der Waals surface area contributed by atoms with Gasteiger partial charge in [-0.25, -0.2) is 4.39 Å². The minimum atomic E-state index is -0.479. The molecule has 0 saturated carbocycles. The molecule has 0 aliphatic heterocycles. The summed E-state index contributed by atoms with van der Waals surface area (Å²) >= 11 is 1.63. The third-order valence-electron chi connectivity index (χ3n) is 2.48. The Hall–Kier alpha value is -1.05. The molecular formula is C12H15FN2S. The first kappa shape index (κ1) is 13.0. The Balaban J connectivity index is 2.42.